The highest BCUT2D eigenvalue weighted by atomic mass is 32.2. The van der Waals surface area contributed by atoms with E-state index >= 15 is 0 Å². The molecule has 1 heterocycles. The maximum atomic E-state index is 13.0. The van der Waals surface area contributed by atoms with Crippen molar-refractivity contribution in [1.82, 2.24) is 4.72 Å². The fraction of sp³-hybridized carbons (Fsp3) is 0.480. The van der Waals surface area contributed by atoms with E-state index in [4.69, 9.17) is 4.74 Å². The fourth-order valence-electron chi connectivity index (χ4n) is 3.77. The van der Waals surface area contributed by atoms with Crippen molar-refractivity contribution in [2.75, 3.05) is 36.5 Å². The van der Waals surface area contributed by atoms with Crippen molar-refractivity contribution in [1.29, 1.82) is 0 Å². The normalized spacial score (nSPS) is 15.6. The Morgan fingerprint density at radius 2 is 1.58 bits per heavy atom. The lowest BCUT2D eigenvalue weighted by molar-refractivity contribution is -0.118. The molecule has 7 nitrogen and oxygen atoms in total. The predicted octanol–water partition coefficient (Wildman–Crippen LogP) is 3.98. The summed E-state index contributed by atoms with van der Waals surface area (Å²) in [6, 6.07) is 13.5. The van der Waals surface area contributed by atoms with Crippen molar-refractivity contribution in [2.24, 2.45) is 5.92 Å². The first kappa shape index (κ1) is 25.2. The number of morpholine rings is 1. The smallest absolute Gasteiger partial charge is 0.242 e. The monoisotopic (exact) mass is 473 g/mol. The molecular weight excluding hydrogens is 438 g/mol. The Balaban J connectivity index is 1.70. The highest BCUT2D eigenvalue weighted by molar-refractivity contribution is 7.89. The zero-order valence-corrected chi connectivity index (χ0v) is 20.7. The molecule has 0 radical (unpaired) electrons. The third-order valence-electron chi connectivity index (χ3n) is 5.69. The first-order valence-corrected chi connectivity index (χ1v) is 13.0. The molecular formula is C25H35N3O4S. The number of hydrogen-bond acceptors (Lipinski definition) is 5. The Bertz CT molecular complexity index is 1010. The van der Waals surface area contributed by atoms with Crippen molar-refractivity contribution in [3.05, 3.63) is 54.1 Å². The number of carbonyl (C=O) groups excluding carboxylic acids is 1. The number of hydrogen-bond donors (Lipinski definition) is 2. The van der Waals surface area contributed by atoms with Gasteiger partial charge in [0.2, 0.25) is 15.9 Å². The molecule has 0 bridgehead atoms. The van der Waals surface area contributed by atoms with Crippen LogP contribution in [0.15, 0.2) is 53.4 Å². The Morgan fingerprint density at radius 3 is 2.12 bits per heavy atom. The molecule has 1 atom stereocenters. The second-order valence-corrected chi connectivity index (χ2v) is 10.9. The molecule has 33 heavy (non-hydrogen) atoms. The van der Waals surface area contributed by atoms with E-state index in [-0.39, 0.29) is 16.7 Å². The summed E-state index contributed by atoms with van der Waals surface area (Å²) < 4.78 is 33.9. The fourth-order valence-corrected chi connectivity index (χ4v) is 4.98. The number of benzene rings is 2. The van der Waals surface area contributed by atoms with Gasteiger partial charge in [0, 0.05) is 24.5 Å². The highest BCUT2D eigenvalue weighted by Crippen LogP contribution is 2.21. The van der Waals surface area contributed by atoms with E-state index in [2.05, 4.69) is 28.8 Å². The van der Waals surface area contributed by atoms with Crippen LogP contribution in [0.1, 0.15) is 45.6 Å². The van der Waals surface area contributed by atoms with Crippen LogP contribution >= 0.6 is 0 Å². The molecule has 2 aromatic carbocycles. The van der Waals surface area contributed by atoms with Gasteiger partial charge < -0.3 is 15.0 Å². The molecule has 2 aromatic rings. The number of anilines is 2. The van der Waals surface area contributed by atoms with Gasteiger partial charge in [-0.3, -0.25) is 4.79 Å². The number of ether oxygens (including phenoxy) is 1. The van der Waals surface area contributed by atoms with E-state index in [0.29, 0.717) is 31.2 Å². The van der Waals surface area contributed by atoms with Gasteiger partial charge in [0.1, 0.15) is 6.04 Å². The molecule has 1 aliphatic heterocycles. The molecule has 8 heteroatoms. The molecule has 1 fully saturated rings. The molecule has 1 unspecified atom stereocenters. The molecule has 0 saturated carbocycles. The van der Waals surface area contributed by atoms with Crippen molar-refractivity contribution in [3.63, 3.8) is 0 Å². The van der Waals surface area contributed by atoms with Gasteiger partial charge in [-0.2, -0.15) is 4.72 Å². The lowest BCUT2D eigenvalue weighted by Gasteiger charge is -2.29. The highest BCUT2D eigenvalue weighted by Gasteiger charge is 2.27. The van der Waals surface area contributed by atoms with Crippen LogP contribution in [0.4, 0.5) is 11.4 Å². The van der Waals surface area contributed by atoms with Crippen molar-refractivity contribution < 1.29 is 17.9 Å². The number of amides is 1. The number of carbonyl (C=O) groups is 1. The minimum absolute atomic E-state index is 0.135. The van der Waals surface area contributed by atoms with Gasteiger partial charge in [0.05, 0.1) is 18.1 Å². The summed E-state index contributed by atoms with van der Waals surface area (Å²) in [5.74, 6) is 0.0736. The van der Waals surface area contributed by atoms with Crippen LogP contribution in [0.3, 0.4) is 0 Å². The maximum absolute atomic E-state index is 13.0. The predicted molar refractivity (Wildman–Crippen MR) is 132 cm³/mol. The van der Waals surface area contributed by atoms with E-state index in [1.54, 1.807) is 12.1 Å². The average molecular weight is 474 g/mol. The summed E-state index contributed by atoms with van der Waals surface area (Å²) in [7, 11) is -3.84. The maximum Gasteiger partial charge on any atom is 0.242 e. The topological polar surface area (TPSA) is 87.7 Å². The summed E-state index contributed by atoms with van der Waals surface area (Å²) in [5.41, 5.74) is 2.76. The standard InChI is InChI=1S/C25H35N3O4S/c1-18(2)17-24(27-33(30,31)23-11-5-20(6-12-23)19(3)4)25(29)26-21-7-9-22(10-8-21)28-13-15-32-16-14-28/h5-12,18-19,24,27H,13-17H2,1-4H3,(H,26,29). The largest absolute Gasteiger partial charge is 0.378 e. The number of nitrogens with one attached hydrogen (secondary N) is 2. The van der Waals surface area contributed by atoms with Gasteiger partial charge >= 0.3 is 0 Å². The summed E-state index contributed by atoms with van der Waals surface area (Å²) in [5, 5.41) is 2.87. The molecule has 180 valence electrons. The second-order valence-electron chi connectivity index (χ2n) is 9.16. The molecule has 0 spiro atoms. The van der Waals surface area contributed by atoms with Gasteiger partial charge in [-0.1, -0.05) is 39.8 Å². The summed E-state index contributed by atoms with van der Waals surface area (Å²) >= 11 is 0. The lowest BCUT2D eigenvalue weighted by atomic mass is 10.0. The molecule has 1 aliphatic rings. The number of rotatable bonds is 9. The van der Waals surface area contributed by atoms with E-state index < -0.39 is 16.1 Å². The zero-order valence-electron chi connectivity index (χ0n) is 19.9. The summed E-state index contributed by atoms with van der Waals surface area (Å²) in [6.07, 6.45) is 0.390. The zero-order chi connectivity index (χ0) is 24.0. The van der Waals surface area contributed by atoms with Crippen molar-refractivity contribution >= 4 is 27.3 Å². The SMILES string of the molecule is CC(C)CC(NS(=O)(=O)c1ccc(C(C)C)cc1)C(=O)Nc1ccc(N2CCOCC2)cc1. The Labute approximate surface area is 197 Å². The van der Waals surface area contributed by atoms with Crippen LogP contribution in [0.2, 0.25) is 0 Å². The van der Waals surface area contributed by atoms with Gasteiger partial charge in [0.25, 0.3) is 0 Å². The van der Waals surface area contributed by atoms with E-state index in [1.165, 1.54) is 0 Å². The molecule has 0 aliphatic carbocycles. The molecule has 1 saturated heterocycles. The van der Waals surface area contributed by atoms with Gasteiger partial charge in [-0.15, -0.1) is 0 Å². The van der Waals surface area contributed by atoms with Crippen LogP contribution < -0.4 is 14.9 Å². The van der Waals surface area contributed by atoms with Gasteiger partial charge in [-0.05, 0) is 60.2 Å². The molecule has 3 rings (SSSR count). The quantitative estimate of drug-likeness (QED) is 0.575. The number of nitrogens with zero attached hydrogens (tertiary/aromatic N) is 1. The summed E-state index contributed by atoms with van der Waals surface area (Å²) in [4.78, 5) is 15.4. The third-order valence-corrected chi connectivity index (χ3v) is 7.18. The van der Waals surface area contributed by atoms with E-state index in [9.17, 15) is 13.2 Å². The second kappa shape index (κ2) is 11.1. The minimum atomic E-state index is -3.84. The molecule has 2 N–H and O–H groups in total. The molecule has 0 aromatic heterocycles. The van der Waals surface area contributed by atoms with E-state index in [0.717, 1.165) is 24.3 Å². The Morgan fingerprint density at radius 1 is 0.970 bits per heavy atom. The first-order chi connectivity index (χ1) is 15.7. The average Bonchev–Trinajstić information content (AvgIpc) is 2.79. The van der Waals surface area contributed by atoms with E-state index in [1.807, 2.05) is 50.2 Å². The van der Waals surface area contributed by atoms with Crippen LogP contribution in [0.5, 0.6) is 0 Å². The molecule has 1 amide bonds. The van der Waals surface area contributed by atoms with Gasteiger partial charge in [-0.25, -0.2) is 8.42 Å². The van der Waals surface area contributed by atoms with Crippen molar-refractivity contribution in [2.45, 2.75) is 51.0 Å². The van der Waals surface area contributed by atoms with Crippen molar-refractivity contribution in [3.8, 4) is 0 Å². The van der Waals surface area contributed by atoms with Crippen LogP contribution in [-0.2, 0) is 19.6 Å². The van der Waals surface area contributed by atoms with Crippen LogP contribution in [-0.4, -0.2) is 46.7 Å². The van der Waals surface area contributed by atoms with Crippen LogP contribution in [0.25, 0.3) is 0 Å². The lowest BCUT2D eigenvalue weighted by Crippen LogP contribution is -2.44. The Hall–Kier alpha value is -2.42. The van der Waals surface area contributed by atoms with Crippen LogP contribution in [0, 0.1) is 5.92 Å². The Kier molecular flexibility index (Phi) is 8.51. The number of sulfonamides is 1. The summed E-state index contributed by atoms with van der Waals surface area (Å²) in [6.45, 7) is 11.1. The first-order valence-electron chi connectivity index (χ1n) is 11.5. The third kappa shape index (κ3) is 7.03. The van der Waals surface area contributed by atoms with Gasteiger partial charge in [0.15, 0.2) is 0 Å². The minimum Gasteiger partial charge on any atom is -0.378 e.